The highest BCUT2D eigenvalue weighted by Crippen LogP contribution is 2.42. The highest BCUT2D eigenvalue weighted by Gasteiger charge is 2.31. The molecule has 1 heterocycles. The number of benzene rings is 3. The van der Waals surface area contributed by atoms with Crippen LogP contribution in [0.4, 0.5) is 0 Å². The summed E-state index contributed by atoms with van der Waals surface area (Å²) in [5.41, 5.74) is 8.38. The zero-order chi connectivity index (χ0) is 19.1. The summed E-state index contributed by atoms with van der Waals surface area (Å²) in [5, 5.41) is 3.23. The standard InChI is InChI=1S/C21H19Cl2NO3/c1-25-19-7-11-3-6-18-15(14(11)10-20(19)26-2)9-17(24)21(27-18)13-5-4-12(22)8-16(13)23/h3-8,10,17,21H,9,24H2,1-2H3/t17-,21+/m1/s1. The van der Waals surface area contributed by atoms with Crippen LogP contribution in [0.2, 0.25) is 10.0 Å². The summed E-state index contributed by atoms with van der Waals surface area (Å²) in [6.45, 7) is 0. The summed E-state index contributed by atoms with van der Waals surface area (Å²) in [5.74, 6) is 2.17. The summed E-state index contributed by atoms with van der Waals surface area (Å²) in [4.78, 5) is 0. The molecule has 0 radical (unpaired) electrons. The fourth-order valence-corrected chi connectivity index (χ4v) is 4.12. The molecule has 140 valence electrons. The summed E-state index contributed by atoms with van der Waals surface area (Å²) in [6, 6.07) is 13.0. The molecule has 0 aromatic heterocycles. The van der Waals surface area contributed by atoms with E-state index in [0.717, 1.165) is 27.6 Å². The average molecular weight is 404 g/mol. The van der Waals surface area contributed by atoms with Crippen molar-refractivity contribution in [3.8, 4) is 17.2 Å². The van der Waals surface area contributed by atoms with Gasteiger partial charge < -0.3 is 19.9 Å². The lowest BCUT2D eigenvalue weighted by Crippen LogP contribution is -2.37. The van der Waals surface area contributed by atoms with Gasteiger partial charge in [-0.15, -0.1) is 0 Å². The Kier molecular flexibility index (Phi) is 4.81. The van der Waals surface area contributed by atoms with E-state index in [9.17, 15) is 0 Å². The highest BCUT2D eigenvalue weighted by atomic mass is 35.5. The molecule has 4 rings (SSSR count). The van der Waals surface area contributed by atoms with E-state index in [1.165, 1.54) is 0 Å². The topological polar surface area (TPSA) is 53.7 Å². The van der Waals surface area contributed by atoms with Gasteiger partial charge in [-0.05, 0) is 47.5 Å². The zero-order valence-corrected chi connectivity index (χ0v) is 16.5. The number of hydrogen-bond acceptors (Lipinski definition) is 4. The molecule has 0 aliphatic carbocycles. The van der Waals surface area contributed by atoms with Crippen molar-refractivity contribution in [2.24, 2.45) is 5.73 Å². The van der Waals surface area contributed by atoms with Crippen molar-refractivity contribution < 1.29 is 14.2 Å². The minimum atomic E-state index is -0.333. The number of nitrogens with two attached hydrogens (primary N) is 1. The molecule has 3 aromatic rings. The van der Waals surface area contributed by atoms with Crippen molar-refractivity contribution in [3.63, 3.8) is 0 Å². The Hall–Kier alpha value is -2.14. The number of ether oxygens (including phenoxy) is 3. The Bertz CT molecular complexity index is 1020. The number of rotatable bonds is 3. The van der Waals surface area contributed by atoms with E-state index in [4.69, 9.17) is 43.1 Å². The fraction of sp³-hybridized carbons (Fsp3) is 0.238. The van der Waals surface area contributed by atoms with Gasteiger partial charge in [-0.1, -0.05) is 35.3 Å². The molecule has 0 spiro atoms. The van der Waals surface area contributed by atoms with Gasteiger partial charge in [-0.3, -0.25) is 0 Å². The van der Waals surface area contributed by atoms with Gasteiger partial charge in [0.1, 0.15) is 11.9 Å². The van der Waals surface area contributed by atoms with Crippen molar-refractivity contribution in [1.82, 2.24) is 0 Å². The zero-order valence-electron chi connectivity index (χ0n) is 15.0. The molecule has 1 aliphatic rings. The number of fused-ring (bicyclic) bond motifs is 3. The van der Waals surface area contributed by atoms with Gasteiger partial charge in [-0.25, -0.2) is 0 Å². The number of hydrogen-bond donors (Lipinski definition) is 1. The van der Waals surface area contributed by atoms with E-state index in [2.05, 4.69) is 0 Å². The van der Waals surface area contributed by atoms with Crippen LogP contribution in [0.5, 0.6) is 17.2 Å². The van der Waals surface area contributed by atoms with Gasteiger partial charge in [0.25, 0.3) is 0 Å². The number of halogens is 2. The normalized spacial score (nSPS) is 18.7. The summed E-state index contributed by atoms with van der Waals surface area (Å²) in [7, 11) is 3.25. The first-order chi connectivity index (χ1) is 13.0. The second-order valence-electron chi connectivity index (χ2n) is 6.54. The predicted molar refractivity (Wildman–Crippen MR) is 109 cm³/mol. The predicted octanol–water partition coefficient (Wildman–Crippen LogP) is 5.17. The Labute approximate surface area is 167 Å². The molecular formula is C21H19Cl2NO3. The van der Waals surface area contributed by atoms with Crippen molar-refractivity contribution >= 4 is 34.0 Å². The molecule has 6 heteroatoms. The monoisotopic (exact) mass is 403 g/mol. The van der Waals surface area contributed by atoms with Gasteiger partial charge in [0, 0.05) is 21.2 Å². The third-order valence-electron chi connectivity index (χ3n) is 4.94. The average Bonchev–Trinajstić information content (AvgIpc) is 2.66. The maximum Gasteiger partial charge on any atom is 0.161 e. The Morgan fingerprint density at radius 3 is 2.44 bits per heavy atom. The first-order valence-electron chi connectivity index (χ1n) is 8.56. The summed E-state index contributed by atoms with van der Waals surface area (Å²) < 4.78 is 17.1. The van der Waals surface area contributed by atoms with E-state index >= 15 is 0 Å². The molecule has 0 saturated carbocycles. The summed E-state index contributed by atoms with van der Waals surface area (Å²) >= 11 is 12.4. The maximum atomic E-state index is 6.48. The fourth-order valence-electron chi connectivity index (χ4n) is 3.61. The van der Waals surface area contributed by atoms with Crippen LogP contribution in [0.1, 0.15) is 17.2 Å². The second-order valence-corrected chi connectivity index (χ2v) is 7.39. The SMILES string of the molecule is COc1cc2ccc3c(c2cc1OC)C[C@@H](N)[C@H](c1ccc(Cl)cc1Cl)O3. The van der Waals surface area contributed by atoms with E-state index in [1.807, 2.05) is 30.3 Å². The lowest BCUT2D eigenvalue weighted by molar-refractivity contribution is 0.154. The Morgan fingerprint density at radius 1 is 1.00 bits per heavy atom. The van der Waals surface area contributed by atoms with Crippen molar-refractivity contribution in [1.29, 1.82) is 0 Å². The molecule has 4 nitrogen and oxygen atoms in total. The van der Waals surface area contributed by atoms with Gasteiger partial charge >= 0.3 is 0 Å². The molecule has 2 N–H and O–H groups in total. The van der Waals surface area contributed by atoms with Crippen molar-refractivity contribution in [2.75, 3.05) is 14.2 Å². The highest BCUT2D eigenvalue weighted by molar-refractivity contribution is 6.35. The molecule has 0 unspecified atom stereocenters. The van der Waals surface area contributed by atoms with E-state index in [-0.39, 0.29) is 12.1 Å². The molecule has 27 heavy (non-hydrogen) atoms. The van der Waals surface area contributed by atoms with Gasteiger partial charge in [0.15, 0.2) is 11.5 Å². The molecular weight excluding hydrogens is 385 g/mol. The van der Waals surface area contributed by atoms with Crippen LogP contribution in [-0.2, 0) is 6.42 Å². The minimum absolute atomic E-state index is 0.241. The smallest absolute Gasteiger partial charge is 0.161 e. The van der Waals surface area contributed by atoms with Crippen molar-refractivity contribution in [2.45, 2.75) is 18.6 Å². The van der Waals surface area contributed by atoms with Crippen LogP contribution < -0.4 is 19.9 Å². The molecule has 0 bridgehead atoms. The van der Waals surface area contributed by atoms with Crippen LogP contribution in [-0.4, -0.2) is 20.3 Å². The van der Waals surface area contributed by atoms with E-state index in [0.29, 0.717) is 28.0 Å². The third kappa shape index (κ3) is 3.18. The van der Waals surface area contributed by atoms with Crippen molar-refractivity contribution in [3.05, 3.63) is 63.6 Å². The lowest BCUT2D eigenvalue weighted by atomic mass is 9.90. The first kappa shape index (κ1) is 18.2. The van der Waals surface area contributed by atoms with Gasteiger partial charge in [0.05, 0.1) is 20.3 Å². The number of methoxy groups -OCH3 is 2. The van der Waals surface area contributed by atoms with E-state index < -0.39 is 0 Å². The molecule has 0 fully saturated rings. The van der Waals surface area contributed by atoms with Gasteiger partial charge in [0.2, 0.25) is 0 Å². The molecule has 2 atom stereocenters. The van der Waals surface area contributed by atoms with Crippen LogP contribution in [0.25, 0.3) is 10.8 Å². The van der Waals surface area contributed by atoms with Crippen LogP contribution in [0.3, 0.4) is 0 Å². The molecule has 0 amide bonds. The minimum Gasteiger partial charge on any atom is -0.493 e. The van der Waals surface area contributed by atoms with Crippen LogP contribution >= 0.6 is 23.2 Å². The van der Waals surface area contributed by atoms with Gasteiger partial charge in [-0.2, -0.15) is 0 Å². The Morgan fingerprint density at radius 2 is 1.74 bits per heavy atom. The quantitative estimate of drug-likeness (QED) is 0.655. The third-order valence-corrected chi connectivity index (χ3v) is 5.51. The largest absolute Gasteiger partial charge is 0.493 e. The first-order valence-corrected chi connectivity index (χ1v) is 9.32. The van der Waals surface area contributed by atoms with E-state index in [1.54, 1.807) is 26.4 Å². The summed E-state index contributed by atoms with van der Waals surface area (Å²) in [6.07, 6.45) is 0.325. The molecule has 1 aliphatic heterocycles. The van der Waals surface area contributed by atoms with Crippen LogP contribution in [0.15, 0.2) is 42.5 Å². The lowest BCUT2D eigenvalue weighted by Gasteiger charge is -2.33. The second kappa shape index (κ2) is 7.12. The Balaban J connectivity index is 1.80. The molecule has 0 saturated heterocycles. The molecule has 3 aromatic carbocycles. The maximum absolute atomic E-state index is 6.48. The van der Waals surface area contributed by atoms with Crippen LogP contribution in [0, 0.1) is 0 Å².